The average Bonchev–Trinajstić information content (AvgIpc) is 2.68. The summed E-state index contributed by atoms with van der Waals surface area (Å²) in [5, 5.41) is 3.28. The maximum absolute atomic E-state index is 12.8. The topological polar surface area (TPSA) is 42.8 Å². The van der Waals surface area contributed by atoms with Gasteiger partial charge in [-0.15, -0.1) is 0 Å². The number of benzene rings is 2. The van der Waals surface area contributed by atoms with Crippen LogP contribution in [-0.2, 0) is 17.8 Å². The average molecular weight is 353 g/mol. The minimum Gasteiger partial charge on any atom is -0.496 e. The lowest BCUT2D eigenvalue weighted by Crippen LogP contribution is -3.12. The predicted octanol–water partition coefficient (Wildman–Crippen LogP) is 2.29. The smallest absolute Gasteiger partial charge is 0.278 e. The zero-order valence-corrected chi connectivity index (χ0v) is 15.9. The van der Waals surface area contributed by atoms with E-state index in [1.807, 2.05) is 25.1 Å². The number of rotatable bonds is 6. The predicted molar refractivity (Wildman–Crippen MR) is 103 cm³/mol. The molecular formula is C22H29N2O2+. The molecule has 0 spiro atoms. The number of methoxy groups -OCH3 is 1. The number of likely N-dealkylation sites (N-methyl/N-ethyl adjacent to an activating group) is 1. The van der Waals surface area contributed by atoms with Gasteiger partial charge in [0.1, 0.15) is 12.3 Å². The van der Waals surface area contributed by atoms with E-state index in [0.717, 1.165) is 42.0 Å². The van der Waals surface area contributed by atoms with E-state index in [-0.39, 0.29) is 18.0 Å². The summed E-state index contributed by atoms with van der Waals surface area (Å²) < 4.78 is 5.43. The third-order valence-electron chi connectivity index (χ3n) is 5.48. The number of hydrogen-bond acceptors (Lipinski definition) is 2. The number of amides is 1. The highest BCUT2D eigenvalue weighted by molar-refractivity contribution is 5.80. The summed E-state index contributed by atoms with van der Waals surface area (Å²) >= 11 is 0. The van der Waals surface area contributed by atoms with E-state index in [1.165, 1.54) is 11.1 Å². The number of quaternary nitrogens is 1. The van der Waals surface area contributed by atoms with Crippen LogP contribution in [0, 0.1) is 0 Å². The van der Waals surface area contributed by atoms with Crippen LogP contribution >= 0.6 is 0 Å². The molecule has 2 aromatic rings. The molecule has 0 heterocycles. The lowest BCUT2D eigenvalue weighted by atomic mass is 9.87. The van der Waals surface area contributed by atoms with Gasteiger partial charge in [0.25, 0.3) is 5.91 Å². The van der Waals surface area contributed by atoms with E-state index >= 15 is 0 Å². The van der Waals surface area contributed by atoms with Crippen LogP contribution in [0.3, 0.4) is 0 Å². The molecule has 0 saturated carbocycles. The quantitative estimate of drug-likeness (QED) is 0.837. The molecule has 1 unspecified atom stereocenters. The number of ether oxygens (including phenoxy) is 1. The molecule has 4 nitrogen and oxygen atoms in total. The van der Waals surface area contributed by atoms with Gasteiger partial charge in [0, 0.05) is 5.56 Å². The van der Waals surface area contributed by atoms with Crippen LogP contribution in [0.1, 0.15) is 42.5 Å². The Morgan fingerprint density at radius 1 is 1.23 bits per heavy atom. The Bertz CT molecular complexity index is 759. The van der Waals surface area contributed by atoms with Gasteiger partial charge in [-0.25, -0.2) is 0 Å². The van der Waals surface area contributed by atoms with E-state index in [1.54, 1.807) is 7.11 Å². The highest BCUT2D eigenvalue weighted by Crippen LogP contribution is 2.29. The zero-order chi connectivity index (χ0) is 18.5. The molecule has 1 amide bonds. The summed E-state index contributed by atoms with van der Waals surface area (Å²) in [5.74, 6) is 0.986. The van der Waals surface area contributed by atoms with E-state index < -0.39 is 0 Å². The molecule has 4 heteroatoms. The maximum atomic E-state index is 12.8. The molecule has 2 aromatic carbocycles. The summed E-state index contributed by atoms with van der Waals surface area (Å²) in [6, 6.07) is 16.5. The summed E-state index contributed by atoms with van der Waals surface area (Å²) in [5.41, 5.74) is 3.77. The molecule has 138 valence electrons. The Hall–Kier alpha value is -2.33. The van der Waals surface area contributed by atoms with E-state index in [9.17, 15) is 4.79 Å². The molecule has 2 N–H and O–H groups in total. The van der Waals surface area contributed by atoms with Crippen LogP contribution < -0.4 is 15.0 Å². The molecule has 1 aliphatic carbocycles. The van der Waals surface area contributed by atoms with Crippen molar-refractivity contribution >= 4 is 5.91 Å². The Morgan fingerprint density at radius 3 is 2.77 bits per heavy atom. The van der Waals surface area contributed by atoms with Crippen molar-refractivity contribution in [3.05, 3.63) is 65.2 Å². The number of carbonyl (C=O) groups is 1. The van der Waals surface area contributed by atoms with Crippen molar-refractivity contribution in [2.75, 3.05) is 14.2 Å². The van der Waals surface area contributed by atoms with Gasteiger partial charge < -0.3 is 15.0 Å². The summed E-state index contributed by atoms with van der Waals surface area (Å²) in [7, 11) is 3.75. The fraction of sp³-hybridized carbons (Fsp3) is 0.409. The molecular weight excluding hydrogens is 324 g/mol. The van der Waals surface area contributed by atoms with Gasteiger partial charge in [0.15, 0.2) is 6.04 Å². The third kappa shape index (κ3) is 4.07. The molecule has 1 aliphatic rings. The SMILES string of the molecule is COc1ccccc1C[NH+](C)[C@@H](C)C(=O)N[C@H]1CCCc2ccccc21. The molecule has 0 aromatic heterocycles. The van der Waals surface area contributed by atoms with E-state index in [4.69, 9.17) is 4.74 Å². The lowest BCUT2D eigenvalue weighted by molar-refractivity contribution is -0.908. The van der Waals surface area contributed by atoms with Gasteiger partial charge in [0.05, 0.1) is 20.2 Å². The summed E-state index contributed by atoms with van der Waals surface area (Å²) in [4.78, 5) is 14.0. The van der Waals surface area contributed by atoms with Crippen molar-refractivity contribution in [3.63, 3.8) is 0 Å². The molecule has 0 saturated heterocycles. The second-order valence-corrected chi connectivity index (χ2v) is 7.21. The lowest BCUT2D eigenvalue weighted by Gasteiger charge is -2.29. The molecule has 0 aliphatic heterocycles. The van der Waals surface area contributed by atoms with Crippen LogP contribution in [0.15, 0.2) is 48.5 Å². The van der Waals surface area contributed by atoms with Crippen molar-refractivity contribution < 1.29 is 14.4 Å². The Labute approximate surface area is 156 Å². The first-order valence-corrected chi connectivity index (χ1v) is 9.42. The van der Waals surface area contributed by atoms with Gasteiger partial charge in [-0.05, 0) is 49.4 Å². The number of hydrogen-bond donors (Lipinski definition) is 2. The number of para-hydroxylation sites is 1. The first-order chi connectivity index (χ1) is 12.6. The number of fused-ring (bicyclic) bond motifs is 1. The standard InChI is InChI=1S/C22H28N2O2/c1-16(24(2)15-18-10-5-7-14-21(18)26-3)22(25)23-20-13-8-11-17-9-4-6-12-19(17)20/h4-7,9-10,12,14,16,20H,8,11,13,15H2,1-3H3,(H,23,25)/p+1/t16-,20-/m0/s1. The molecule has 3 rings (SSSR count). The minimum absolute atomic E-state index is 0.110. The minimum atomic E-state index is -0.131. The Kier molecular flexibility index (Phi) is 5.94. The fourth-order valence-electron chi connectivity index (χ4n) is 3.73. The largest absolute Gasteiger partial charge is 0.496 e. The highest BCUT2D eigenvalue weighted by Gasteiger charge is 2.27. The Morgan fingerprint density at radius 2 is 1.96 bits per heavy atom. The van der Waals surface area contributed by atoms with Crippen LogP contribution in [-0.4, -0.2) is 26.1 Å². The second-order valence-electron chi connectivity index (χ2n) is 7.21. The van der Waals surface area contributed by atoms with Crippen molar-refractivity contribution in [2.45, 2.75) is 44.8 Å². The molecule has 0 bridgehead atoms. The van der Waals surface area contributed by atoms with Crippen molar-refractivity contribution in [1.29, 1.82) is 0 Å². The third-order valence-corrected chi connectivity index (χ3v) is 5.48. The highest BCUT2D eigenvalue weighted by atomic mass is 16.5. The van der Waals surface area contributed by atoms with E-state index in [2.05, 4.69) is 42.7 Å². The fourth-order valence-corrected chi connectivity index (χ4v) is 3.73. The van der Waals surface area contributed by atoms with Crippen LogP contribution in [0.4, 0.5) is 0 Å². The normalized spacial score (nSPS) is 18.5. The van der Waals surface area contributed by atoms with Crippen molar-refractivity contribution in [2.24, 2.45) is 0 Å². The molecule has 0 fully saturated rings. The van der Waals surface area contributed by atoms with E-state index in [0.29, 0.717) is 0 Å². The zero-order valence-electron chi connectivity index (χ0n) is 15.9. The number of carbonyl (C=O) groups excluding carboxylic acids is 1. The molecule has 26 heavy (non-hydrogen) atoms. The van der Waals surface area contributed by atoms with Gasteiger partial charge in [-0.1, -0.05) is 36.4 Å². The van der Waals surface area contributed by atoms with Gasteiger partial charge in [-0.3, -0.25) is 4.79 Å². The number of aryl methyl sites for hydroxylation is 1. The Balaban J connectivity index is 1.65. The summed E-state index contributed by atoms with van der Waals surface area (Å²) in [6.45, 7) is 2.74. The van der Waals surface area contributed by atoms with Crippen molar-refractivity contribution in [1.82, 2.24) is 5.32 Å². The maximum Gasteiger partial charge on any atom is 0.278 e. The van der Waals surface area contributed by atoms with Crippen molar-refractivity contribution in [3.8, 4) is 5.75 Å². The first-order valence-electron chi connectivity index (χ1n) is 9.42. The van der Waals surface area contributed by atoms with Gasteiger partial charge in [-0.2, -0.15) is 0 Å². The number of nitrogens with one attached hydrogen (secondary N) is 2. The summed E-state index contributed by atoms with van der Waals surface area (Å²) in [6.07, 6.45) is 3.25. The van der Waals surface area contributed by atoms with Crippen LogP contribution in [0.2, 0.25) is 0 Å². The van der Waals surface area contributed by atoms with Crippen LogP contribution in [0.5, 0.6) is 5.75 Å². The second kappa shape index (κ2) is 8.37. The van der Waals surface area contributed by atoms with Gasteiger partial charge >= 0.3 is 0 Å². The van der Waals surface area contributed by atoms with Crippen LogP contribution in [0.25, 0.3) is 0 Å². The monoisotopic (exact) mass is 353 g/mol. The van der Waals surface area contributed by atoms with Gasteiger partial charge in [0.2, 0.25) is 0 Å². The molecule has 0 radical (unpaired) electrons. The first kappa shape index (κ1) is 18.5. The molecule has 3 atom stereocenters.